The number of hydrogen-bond acceptors (Lipinski definition) is 4. The summed E-state index contributed by atoms with van der Waals surface area (Å²) in [5, 5.41) is 30.5. The number of fused-ring (bicyclic) bond motifs is 1. The van der Waals surface area contributed by atoms with E-state index in [1.807, 2.05) is 13.8 Å². The maximum atomic E-state index is 10.6. The molecule has 0 aliphatic heterocycles. The molecule has 4 heteroatoms. The fourth-order valence-corrected chi connectivity index (χ4v) is 5.84. The number of aliphatic hydroxyl groups is 3. The molecule has 0 saturated heterocycles. The van der Waals surface area contributed by atoms with Crippen molar-refractivity contribution in [3.63, 3.8) is 0 Å². The third kappa shape index (κ3) is 5.09. The Kier molecular flexibility index (Phi) is 7.66. The Balaban J connectivity index is 1.70. The van der Waals surface area contributed by atoms with Crippen LogP contribution in [-0.2, 0) is 4.74 Å². The first kappa shape index (κ1) is 23.7. The van der Waals surface area contributed by atoms with Gasteiger partial charge in [-0.3, -0.25) is 0 Å². The molecule has 4 nitrogen and oxygen atoms in total. The van der Waals surface area contributed by atoms with Crippen molar-refractivity contribution in [3.8, 4) is 0 Å². The first-order valence-corrected chi connectivity index (χ1v) is 12.0. The highest BCUT2D eigenvalue weighted by Crippen LogP contribution is 2.55. The molecule has 2 saturated carbocycles. The van der Waals surface area contributed by atoms with Gasteiger partial charge in [-0.1, -0.05) is 50.1 Å². The maximum absolute atomic E-state index is 10.6. The zero-order chi connectivity index (χ0) is 21.9. The molecule has 3 aliphatic rings. The normalized spacial score (nSPS) is 34.6. The molecule has 0 aromatic rings. The third-order valence-corrected chi connectivity index (χ3v) is 8.04. The predicted molar refractivity (Wildman–Crippen MR) is 121 cm³/mol. The summed E-state index contributed by atoms with van der Waals surface area (Å²) in [5.41, 5.74) is 3.42. The summed E-state index contributed by atoms with van der Waals surface area (Å²) in [6, 6.07) is 0. The van der Waals surface area contributed by atoms with Gasteiger partial charge in [0.05, 0.1) is 30.5 Å². The molecule has 5 atom stereocenters. The van der Waals surface area contributed by atoms with Crippen molar-refractivity contribution in [1.29, 1.82) is 0 Å². The van der Waals surface area contributed by atoms with Gasteiger partial charge in [-0.15, -0.1) is 0 Å². The minimum atomic E-state index is -0.729. The largest absolute Gasteiger partial charge is 0.393 e. The van der Waals surface area contributed by atoms with Gasteiger partial charge in [-0.25, -0.2) is 0 Å². The summed E-state index contributed by atoms with van der Waals surface area (Å²) in [6.07, 6.45) is 13.8. The maximum Gasteiger partial charge on any atom is 0.0875 e. The Hall–Kier alpha value is -0.940. The lowest BCUT2D eigenvalue weighted by Gasteiger charge is -2.42. The molecule has 0 aromatic carbocycles. The molecular weight excluding hydrogens is 376 g/mol. The molecule has 3 N–H and O–H groups in total. The highest BCUT2D eigenvalue weighted by molar-refractivity contribution is 5.35. The first-order chi connectivity index (χ1) is 14.2. The van der Waals surface area contributed by atoms with Crippen molar-refractivity contribution >= 4 is 0 Å². The lowest BCUT2D eigenvalue weighted by Crippen LogP contribution is -2.38. The van der Waals surface area contributed by atoms with E-state index in [-0.39, 0.29) is 11.5 Å². The van der Waals surface area contributed by atoms with Crippen LogP contribution in [0.25, 0.3) is 0 Å². The van der Waals surface area contributed by atoms with Crippen LogP contribution < -0.4 is 0 Å². The van der Waals surface area contributed by atoms with E-state index in [2.05, 4.69) is 32.1 Å². The van der Waals surface area contributed by atoms with E-state index in [4.69, 9.17) is 4.74 Å². The molecule has 2 unspecified atom stereocenters. The van der Waals surface area contributed by atoms with Crippen molar-refractivity contribution in [2.75, 3.05) is 6.61 Å². The van der Waals surface area contributed by atoms with Gasteiger partial charge in [0, 0.05) is 0 Å². The quantitative estimate of drug-likeness (QED) is 0.518. The average molecular weight is 419 g/mol. The average Bonchev–Trinajstić information content (AvgIpc) is 3.07. The van der Waals surface area contributed by atoms with Crippen molar-refractivity contribution < 1.29 is 20.1 Å². The minimum absolute atomic E-state index is 0.0194. The molecular formula is C26H42O4. The van der Waals surface area contributed by atoms with Crippen molar-refractivity contribution in [2.24, 2.45) is 11.3 Å². The second-order valence-corrected chi connectivity index (χ2v) is 10.1. The minimum Gasteiger partial charge on any atom is -0.393 e. The van der Waals surface area contributed by atoms with Gasteiger partial charge in [0.15, 0.2) is 0 Å². The molecule has 3 rings (SSSR count). The van der Waals surface area contributed by atoms with Crippen LogP contribution in [0.4, 0.5) is 0 Å². The first-order valence-electron chi connectivity index (χ1n) is 12.0. The molecule has 3 aliphatic carbocycles. The van der Waals surface area contributed by atoms with Crippen LogP contribution in [0.5, 0.6) is 0 Å². The number of aliphatic hydroxyl groups excluding tert-OH is 2. The van der Waals surface area contributed by atoms with E-state index in [1.54, 1.807) is 0 Å². The summed E-state index contributed by atoms with van der Waals surface area (Å²) in [4.78, 5) is 0. The molecule has 0 heterocycles. The smallest absolute Gasteiger partial charge is 0.0875 e. The highest BCUT2D eigenvalue weighted by Gasteiger charge is 2.46. The Morgan fingerprint density at radius 3 is 2.50 bits per heavy atom. The Morgan fingerprint density at radius 1 is 1.20 bits per heavy atom. The Labute approximate surface area is 182 Å². The highest BCUT2D eigenvalue weighted by atomic mass is 16.5. The van der Waals surface area contributed by atoms with Crippen LogP contribution in [0.3, 0.4) is 0 Å². The Bertz CT molecular complexity index is 675. The molecule has 30 heavy (non-hydrogen) atoms. The second-order valence-electron chi connectivity index (χ2n) is 10.1. The summed E-state index contributed by atoms with van der Waals surface area (Å²) >= 11 is 0. The number of ether oxygens (including phenoxy) is 1. The van der Waals surface area contributed by atoms with Crippen LogP contribution in [0.15, 0.2) is 34.9 Å². The molecule has 170 valence electrons. The third-order valence-electron chi connectivity index (χ3n) is 8.04. The van der Waals surface area contributed by atoms with Gasteiger partial charge in [-0.05, 0) is 81.6 Å². The van der Waals surface area contributed by atoms with Gasteiger partial charge < -0.3 is 20.1 Å². The summed E-state index contributed by atoms with van der Waals surface area (Å²) in [7, 11) is 0. The summed E-state index contributed by atoms with van der Waals surface area (Å²) in [5.74, 6) is 0.499. The standard InChI is InChI=1S/C26H42O4/c1-5-26(29,6-2)17-30-18(3)23-11-12-24-20(8-7-13-25(23,24)4)10-9-19-14-21(27)16-22(28)15-19/h9-11,18,21-22,24,27-29H,5-8,12-17H2,1-4H3/b20-10+/t18-,21+,22+,24?,25?/m0/s1. The van der Waals surface area contributed by atoms with Gasteiger partial charge in [0.1, 0.15) is 0 Å². The van der Waals surface area contributed by atoms with Gasteiger partial charge in [0.2, 0.25) is 0 Å². The lowest BCUT2D eigenvalue weighted by atomic mass is 9.63. The lowest BCUT2D eigenvalue weighted by molar-refractivity contribution is -0.0687. The predicted octanol–water partition coefficient (Wildman–Crippen LogP) is 4.84. The van der Waals surface area contributed by atoms with E-state index in [1.165, 1.54) is 24.0 Å². The van der Waals surface area contributed by atoms with Crippen LogP contribution in [0.1, 0.15) is 85.5 Å². The molecule has 0 amide bonds. The van der Waals surface area contributed by atoms with Crippen molar-refractivity contribution in [2.45, 2.75) is 109 Å². The summed E-state index contributed by atoms with van der Waals surface area (Å²) < 4.78 is 6.20. The van der Waals surface area contributed by atoms with Crippen LogP contribution in [-0.4, -0.2) is 45.8 Å². The fourth-order valence-electron chi connectivity index (χ4n) is 5.84. The topological polar surface area (TPSA) is 69.9 Å². The van der Waals surface area contributed by atoms with E-state index < -0.39 is 17.8 Å². The molecule has 0 aromatic heterocycles. The van der Waals surface area contributed by atoms with E-state index >= 15 is 0 Å². The fraction of sp³-hybridized carbons (Fsp3) is 0.769. The van der Waals surface area contributed by atoms with E-state index in [0.717, 1.165) is 18.4 Å². The summed E-state index contributed by atoms with van der Waals surface area (Å²) in [6.45, 7) is 8.94. The Morgan fingerprint density at radius 2 is 1.87 bits per heavy atom. The number of hydrogen-bond donors (Lipinski definition) is 3. The zero-order valence-corrected chi connectivity index (χ0v) is 19.4. The SMILES string of the molecule is CCC(O)(CC)CO[C@@H](C)C1=CCC2/C(=C/C=C3C[C@@H](O)C[C@H](O)C3)CCCC12C. The van der Waals surface area contributed by atoms with Gasteiger partial charge in [-0.2, -0.15) is 0 Å². The monoisotopic (exact) mass is 418 g/mol. The van der Waals surface area contributed by atoms with E-state index in [0.29, 0.717) is 44.6 Å². The molecule has 0 radical (unpaired) electrons. The van der Waals surface area contributed by atoms with Crippen LogP contribution >= 0.6 is 0 Å². The molecule has 0 spiro atoms. The van der Waals surface area contributed by atoms with Crippen molar-refractivity contribution in [1.82, 2.24) is 0 Å². The van der Waals surface area contributed by atoms with Crippen LogP contribution in [0, 0.1) is 11.3 Å². The van der Waals surface area contributed by atoms with Gasteiger partial charge >= 0.3 is 0 Å². The number of rotatable bonds is 7. The second kappa shape index (κ2) is 9.68. The van der Waals surface area contributed by atoms with Crippen LogP contribution in [0.2, 0.25) is 0 Å². The van der Waals surface area contributed by atoms with Gasteiger partial charge in [0.25, 0.3) is 0 Å². The van der Waals surface area contributed by atoms with E-state index in [9.17, 15) is 15.3 Å². The van der Waals surface area contributed by atoms with Crippen molar-refractivity contribution in [3.05, 3.63) is 34.9 Å². The molecule has 2 fully saturated rings. The zero-order valence-electron chi connectivity index (χ0n) is 19.4. The number of allylic oxidation sites excluding steroid dienone is 4. The molecule has 0 bridgehead atoms.